The van der Waals surface area contributed by atoms with E-state index in [2.05, 4.69) is 10.2 Å². The molecular weight excluding hydrogens is 536 g/mol. The summed E-state index contributed by atoms with van der Waals surface area (Å²) in [4.78, 5) is 17.3. The molecule has 2 aromatic rings. The minimum absolute atomic E-state index is 0.0771. The van der Waals surface area contributed by atoms with Crippen LogP contribution in [0.25, 0.3) is 0 Å². The van der Waals surface area contributed by atoms with E-state index in [1.165, 1.54) is 35.7 Å². The van der Waals surface area contributed by atoms with Crippen LogP contribution in [0.4, 0.5) is 0 Å². The molecule has 1 atom stereocenters. The molecule has 200 valence electrons. The number of nitrogens with one attached hydrogen (secondary N) is 2. The lowest BCUT2D eigenvalue weighted by molar-refractivity contribution is -0.497. The van der Waals surface area contributed by atoms with Crippen molar-refractivity contribution in [1.82, 2.24) is 19.7 Å². The van der Waals surface area contributed by atoms with Gasteiger partial charge in [0.05, 0.1) is 12.0 Å². The van der Waals surface area contributed by atoms with Gasteiger partial charge in [-0.1, -0.05) is 25.1 Å². The van der Waals surface area contributed by atoms with Crippen molar-refractivity contribution >= 4 is 37.3 Å². The summed E-state index contributed by atoms with van der Waals surface area (Å²) in [6, 6.07) is 6.69. The first-order valence-electron chi connectivity index (χ1n) is 10.8. The number of nitrogens with zero attached hydrogens (tertiary/aromatic N) is 2. The van der Waals surface area contributed by atoms with E-state index in [0.29, 0.717) is 36.5 Å². The first kappa shape index (κ1) is 28.6. The van der Waals surface area contributed by atoms with Crippen LogP contribution in [-0.2, 0) is 36.2 Å². The number of hydrogen-bond acceptors (Lipinski definition) is 12. The van der Waals surface area contributed by atoms with Crippen molar-refractivity contribution in [3.05, 3.63) is 47.0 Å². The van der Waals surface area contributed by atoms with Crippen molar-refractivity contribution in [3.63, 3.8) is 0 Å². The van der Waals surface area contributed by atoms with Crippen LogP contribution in [0.5, 0.6) is 0 Å². The Morgan fingerprint density at radius 3 is 2.69 bits per heavy atom. The standard InChI is InChI=1S/C20H28N4O9S3/c1-3-21-17-12-23(9-6-10-32-2)36(30,31)20-16(17)11-18(34-20)35(28,29)22-19(25)15-8-5-4-7-14(15)13-33-24(26)27/h4-5,7-8,11,17,21,26-27H,3,6,9-10,12-13H2,1-2H3,(H,22,25)/t17-/m0/s1. The second-order valence-corrected chi connectivity index (χ2v) is 12.8. The molecule has 0 unspecified atom stereocenters. The number of rotatable bonds is 12. The number of benzene rings is 1. The third-order valence-electron chi connectivity index (χ3n) is 5.33. The number of carbonyl (C=O) groups excluding carboxylic acids is 1. The zero-order chi connectivity index (χ0) is 26.5. The average Bonchev–Trinajstić information content (AvgIpc) is 3.29. The molecule has 0 saturated heterocycles. The SMILES string of the molecule is CCN[C@H]1CN(CCCOC)S(=O)(=O)c2sc(S(=O)(=O)NC(=O)c3ccccc3CON(O)O)cc21. The molecule has 1 aliphatic heterocycles. The summed E-state index contributed by atoms with van der Waals surface area (Å²) in [7, 11) is -6.86. The highest BCUT2D eigenvalue weighted by molar-refractivity contribution is 7.94. The van der Waals surface area contributed by atoms with Crippen LogP contribution in [-0.4, -0.2) is 76.2 Å². The Bertz CT molecular complexity index is 1280. The highest BCUT2D eigenvalue weighted by Gasteiger charge is 2.40. The molecule has 3 rings (SSSR count). The number of fused-ring (bicyclic) bond motifs is 1. The van der Waals surface area contributed by atoms with E-state index >= 15 is 0 Å². The smallest absolute Gasteiger partial charge is 0.273 e. The number of likely N-dealkylation sites (N-methyl/N-ethyl adjacent to an activating group) is 1. The van der Waals surface area contributed by atoms with Crippen LogP contribution in [0.3, 0.4) is 0 Å². The summed E-state index contributed by atoms with van der Waals surface area (Å²) in [6.07, 6.45) is 0.476. The summed E-state index contributed by atoms with van der Waals surface area (Å²) in [5.74, 6) is -0.990. The Hall–Kier alpha value is -1.99. The Labute approximate surface area is 213 Å². The average molecular weight is 565 g/mol. The predicted octanol–water partition coefficient (Wildman–Crippen LogP) is 1.07. The second-order valence-electron chi connectivity index (χ2n) is 7.75. The summed E-state index contributed by atoms with van der Waals surface area (Å²) < 4.78 is 60.5. The van der Waals surface area contributed by atoms with Crippen molar-refractivity contribution in [2.45, 2.75) is 34.4 Å². The van der Waals surface area contributed by atoms with Gasteiger partial charge >= 0.3 is 0 Å². The molecule has 0 radical (unpaired) electrons. The van der Waals surface area contributed by atoms with Gasteiger partial charge in [-0.15, -0.1) is 11.3 Å². The maximum absolute atomic E-state index is 13.2. The van der Waals surface area contributed by atoms with Gasteiger partial charge in [-0.2, -0.15) is 4.31 Å². The van der Waals surface area contributed by atoms with Gasteiger partial charge in [0.15, 0.2) is 0 Å². The van der Waals surface area contributed by atoms with Crippen LogP contribution in [0, 0.1) is 0 Å². The van der Waals surface area contributed by atoms with Crippen LogP contribution >= 0.6 is 11.3 Å². The molecule has 1 aliphatic rings. The molecule has 13 nitrogen and oxygen atoms in total. The molecule has 0 aliphatic carbocycles. The lowest BCUT2D eigenvalue weighted by Crippen LogP contribution is -2.43. The normalized spacial score (nSPS) is 17.8. The Morgan fingerprint density at radius 1 is 1.31 bits per heavy atom. The third kappa shape index (κ3) is 6.46. The number of ether oxygens (including phenoxy) is 1. The van der Waals surface area contributed by atoms with Crippen molar-refractivity contribution in [1.29, 1.82) is 0 Å². The van der Waals surface area contributed by atoms with Gasteiger partial charge in [0.25, 0.3) is 26.0 Å². The quantitative estimate of drug-likeness (QED) is 0.214. The number of carbonyl (C=O) groups is 1. The van der Waals surface area contributed by atoms with Crippen molar-refractivity contribution in [3.8, 4) is 0 Å². The molecule has 1 aromatic heterocycles. The van der Waals surface area contributed by atoms with E-state index in [4.69, 9.17) is 15.2 Å². The van der Waals surface area contributed by atoms with E-state index in [1.807, 2.05) is 11.6 Å². The lowest BCUT2D eigenvalue weighted by atomic mass is 10.1. The van der Waals surface area contributed by atoms with Gasteiger partial charge in [0.2, 0.25) is 0 Å². The van der Waals surface area contributed by atoms with Crippen LogP contribution in [0.15, 0.2) is 38.8 Å². The van der Waals surface area contributed by atoms with Gasteiger partial charge in [-0.3, -0.25) is 15.2 Å². The molecule has 0 saturated carbocycles. The first-order valence-corrected chi connectivity index (χ1v) is 14.6. The van der Waals surface area contributed by atoms with Gasteiger partial charge in [-0.05, 0) is 30.7 Å². The largest absolute Gasteiger partial charge is 0.385 e. The van der Waals surface area contributed by atoms with Crippen LogP contribution in [0.1, 0.15) is 40.9 Å². The minimum atomic E-state index is -4.44. The highest BCUT2D eigenvalue weighted by atomic mass is 32.3. The Kier molecular flexibility index (Phi) is 9.56. The van der Waals surface area contributed by atoms with E-state index in [0.717, 1.165) is 0 Å². The zero-order valence-corrected chi connectivity index (χ0v) is 22.0. The molecule has 0 bridgehead atoms. The number of sulfonamides is 2. The van der Waals surface area contributed by atoms with E-state index < -0.39 is 44.0 Å². The topological polar surface area (TPSA) is 175 Å². The van der Waals surface area contributed by atoms with Gasteiger partial charge in [0, 0.05) is 44.0 Å². The summed E-state index contributed by atoms with van der Waals surface area (Å²) in [6.45, 7) is 2.69. The van der Waals surface area contributed by atoms with Gasteiger partial charge in [-0.25, -0.2) is 26.4 Å². The molecule has 2 heterocycles. The van der Waals surface area contributed by atoms with Crippen molar-refractivity contribution in [2.75, 3.05) is 33.4 Å². The maximum Gasteiger partial charge on any atom is 0.273 e. The van der Waals surface area contributed by atoms with Crippen molar-refractivity contribution < 1.29 is 41.6 Å². The molecule has 4 N–H and O–H groups in total. The van der Waals surface area contributed by atoms with E-state index in [9.17, 15) is 21.6 Å². The molecule has 36 heavy (non-hydrogen) atoms. The molecule has 0 fully saturated rings. The van der Waals surface area contributed by atoms with Gasteiger partial charge in [0.1, 0.15) is 8.42 Å². The van der Waals surface area contributed by atoms with Crippen LogP contribution < -0.4 is 10.0 Å². The fourth-order valence-electron chi connectivity index (χ4n) is 3.70. The maximum atomic E-state index is 13.2. The number of hydrogen-bond donors (Lipinski definition) is 4. The second kappa shape index (κ2) is 12.0. The summed E-state index contributed by atoms with van der Waals surface area (Å²) in [5, 5.41) is 20.2. The molecule has 16 heteroatoms. The molecule has 1 aromatic carbocycles. The Morgan fingerprint density at radius 2 is 2.03 bits per heavy atom. The lowest BCUT2D eigenvalue weighted by Gasteiger charge is -2.32. The number of amides is 1. The monoisotopic (exact) mass is 564 g/mol. The molecular formula is C20H28N4O9S3. The van der Waals surface area contributed by atoms with Gasteiger partial charge < -0.3 is 10.1 Å². The van der Waals surface area contributed by atoms with Crippen LogP contribution in [0.2, 0.25) is 0 Å². The zero-order valence-electron chi connectivity index (χ0n) is 19.6. The van der Waals surface area contributed by atoms with Crippen molar-refractivity contribution in [2.24, 2.45) is 0 Å². The van der Waals surface area contributed by atoms with E-state index in [-0.39, 0.29) is 32.6 Å². The number of thiophene rings is 1. The minimum Gasteiger partial charge on any atom is -0.385 e. The summed E-state index contributed by atoms with van der Waals surface area (Å²) in [5.41, 5.74) is 0.439. The third-order valence-corrected chi connectivity index (χ3v) is 10.7. The van der Waals surface area contributed by atoms with E-state index in [1.54, 1.807) is 6.07 Å². The molecule has 1 amide bonds. The summed E-state index contributed by atoms with van der Waals surface area (Å²) >= 11 is 0.576. The predicted molar refractivity (Wildman–Crippen MR) is 127 cm³/mol. The highest BCUT2D eigenvalue weighted by Crippen LogP contribution is 2.40. The fourth-order valence-corrected chi connectivity index (χ4v) is 8.55. The fraction of sp³-hybridized carbons (Fsp3) is 0.450. The first-order chi connectivity index (χ1) is 17.0. The number of methoxy groups -OCH3 is 1. The molecule has 0 spiro atoms. The Balaban J connectivity index is 1.90.